The molecule has 0 bridgehead atoms. The van der Waals surface area contributed by atoms with Crippen LogP contribution in [0, 0.1) is 12.8 Å². The molecule has 4 heteroatoms. The molecule has 1 fully saturated rings. The van der Waals surface area contributed by atoms with Gasteiger partial charge < -0.3 is 19.4 Å². The zero-order chi connectivity index (χ0) is 13.7. The van der Waals surface area contributed by atoms with Crippen LogP contribution >= 0.6 is 0 Å². The third-order valence-corrected chi connectivity index (χ3v) is 3.69. The molecule has 4 nitrogen and oxygen atoms in total. The zero-order valence-electron chi connectivity index (χ0n) is 12.4. The molecule has 1 N–H and O–H groups in total. The summed E-state index contributed by atoms with van der Waals surface area (Å²) in [7, 11) is 4.12. The third kappa shape index (κ3) is 4.34. The lowest BCUT2D eigenvalue weighted by Crippen LogP contribution is -2.30. The van der Waals surface area contributed by atoms with Crippen molar-refractivity contribution >= 4 is 0 Å². The monoisotopic (exact) mass is 266 g/mol. The second-order valence-corrected chi connectivity index (χ2v) is 5.60. The molecule has 1 aromatic rings. The molecule has 0 aromatic carbocycles. The fraction of sp³-hybridized carbons (Fsp3) is 0.733. The summed E-state index contributed by atoms with van der Waals surface area (Å²) >= 11 is 0. The third-order valence-electron chi connectivity index (χ3n) is 3.69. The molecule has 0 aliphatic carbocycles. The average molecular weight is 266 g/mol. The summed E-state index contributed by atoms with van der Waals surface area (Å²) in [4.78, 5) is 2.38. The van der Waals surface area contributed by atoms with Crippen LogP contribution in [0.5, 0.6) is 0 Å². The minimum Gasteiger partial charge on any atom is -0.465 e. The number of nitrogens with zero attached hydrogens (tertiary/aromatic N) is 1. The summed E-state index contributed by atoms with van der Waals surface area (Å²) in [5, 5.41) is 3.12. The smallest absolute Gasteiger partial charge is 0.118 e. The van der Waals surface area contributed by atoms with Crippen LogP contribution in [0.4, 0.5) is 0 Å². The molecule has 1 saturated heterocycles. The molecule has 1 aliphatic rings. The van der Waals surface area contributed by atoms with E-state index in [0.29, 0.717) is 5.92 Å². The van der Waals surface area contributed by atoms with Crippen molar-refractivity contribution < 1.29 is 9.15 Å². The second kappa shape index (κ2) is 7.08. The highest BCUT2D eigenvalue weighted by Crippen LogP contribution is 2.19. The summed E-state index contributed by atoms with van der Waals surface area (Å²) in [6.07, 6.45) is 2.50. The van der Waals surface area contributed by atoms with Crippen LogP contribution in [0.15, 0.2) is 10.5 Å². The maximum atomic E-state index is 5.73. The van der Waals surface area contributed by atoms with Crippen LogP contribution < -0.4 is 5.32 Å². The van der Waals surface area contributed by atoms with Crippen LogP contribution in [0.3, 0.4) is 0 Å². The Labute approximate surface area is 116 Å². The predicted molar refractivity (Wildman–Crippen MR) is 76.1 cm³/mol. The molecule has 108 valence electrons. The van der Waals surface area contributed by atoms with Crippen molar-refractivity contribution in [3.05, 3.63) is 23.2 Å². The summed E-state index contributed by atoms with van der Waals surface area (Å²) in [5.74, 6) is 2.74. The Morgan fingerprint density at radius 1 is 1.47 bits per heavy atom. The number of nitrogens with one attached hydrogen (secondary N) is 1. The number of ether oxygens (including phenoxy) is 1. The summed E-state index contributed by atoms with van der Waals surface area (Å²) in [6.45, 7) is 6.75. The molecule has 0 spiro atoms. The molecule has 19 heavy (non-hydrogen) atoms. The topological polar surface area (TPSA) is 37.6 Å². The first-order valence-electron chi connectivity index (χ1n) is 7.18. The average Bonchev–Trinajstić information content (AvgIpc) is 2.71. The first-order valence-corrected chi connectivity index (χ1v) is 7.18. The molecule has 1 unspecified atom stereocenters. The van der Waals surface area contributed by atoms with Crippen molar-refractivity contribution in [3.63, 3.8) is 0 Å². The Balaban J connectivity index is 1.85. The van der Waals surface area contributed by atoms with Crippen LogP contribution in [0.2, 0.25) is 0 Å². The number of hydrogen-bond acceptors (Lipinski definition) is 4. The molecule has 2 rings (SSSR count). The number of hydrogen-bond donors (Lipinski definition) is 1. The van der Waals surface area contributed by atoms with E-state index in [-0.39, 0.29) is 0 Å². The van der Waals surface area contributed by atoms with Gasteiger partial charge in [-0.2, -0.15) is 0 Å². The maximum Gasteiger partial charge on any atom is 0.118 e. The number of furan rings is 1. The van der Waals surface area contributed by atoms with Gasteiger partial charge in [-0.25, -0.2) is 0 Å². The van der Waals surface area contributed by atoms with Crippen LogP contribution in [0.25, 0.3) is 0 Å². The van der Waals surface area contributed by atoms with Crippen molar-refractivity contribution in [2.75, 3.05) is 33.9 Å². The van der Waals surface area contributed by atoms with Crippen LogP contribution in [-0.2, 0) is 17.8 Å². The van der Waals surface area contributed by atoms with Gasteiger partial charge >= 0.3 is 0 Å². The van der Waals surface area contributed by atoms with E-state index in [2.05, 4.69) is 23.3 Å². The number of aryl methyl sites for hydroxylation is 1. The highest BCUT2D eigenvalue weighted by atomic mass is 16.5. The first-order chi connectivity index (χ1) is 9.19. The van der Waals surface area contributed by atoms with Gasteiger partial charge in [0.15, 0.2) is 0 Å². The fourth-order valence-electron chi connectivity index (χ4n) is 2.75. The molecule has 0 saturated carbocycles. The van der Waals surface area contributed by atoms with Crippen LogP contribution in [0.1, 0.15) is 29.9 Å². The molecular formula is C15H26N2O2. The van der Waals surface area contributed by atoms with E-state index in [1.165, 1.54) is 18.4 Å². The lowest BCUT2D eigenvalue weighted by Gasteiger charge is -2.26. The predicted octanol–water partition coefficient (Wildman–Crippen LogP) is 2.17. The minimum absolute atomic E-state index is 0.683. The van der Waals surface area contributed by atoms with E-state index >= 15 is 0 Å². The van der Waals surface area contributed by atoms with Crippen molar-refractivity contribution in [2.24, 2.45) is 5.92 Å². The van der Waals surface area contributed by atoms with Gasteiger partial charge in [-0.15, -0.1) is 0 Å². The molecule has 2 heterocycles. The summed E-state index contributed by atoms with van der Waals surface area (Å²) < 4.78 is 11.3. The van der Waals surface area contributed by atoms with E-state index in [1.807, 2.05) is 14.0 Å². The molecule has 1 aromatic heterocycles. The molecular weight excluding hydrogens is 240 g/mol. The maximum absolute atomic E-state index is 5.73. The Bertz CT molecular complexity index is 383. The summed E-state index contributed by atoms with van der Waals surface area (Å²) in [5.41, 5.74) is 1.30. The quantitative estimate of drug-likeness (QED) is 0.856. The van der Waals surface area contributed by atoms with Crippen LogP contribution in [-0.4, -0.2) is 38.8 Å². The van der Waals surface area contributed by atoms with Crippen molar-refractivity contribution in [1.82, 2.24) is 10.2 Å². The molecule has 0 radical (unpaired) electrons. The second-order valence-electron chi connectivity index (χ2n) is 5.60. The highest BCUT2D eigenvalue weighted by molar-refractivity contribution is 5.20. The Hall–Kier alpha value is -0.840. The van der Waals surface area contributed by atoms with E-state index < -0.39 is 0 Å². The van der Waals surface area contributed by atoms with E-state index in [1.54, 1.807) is 0 Å². The van der Waals surface area contributed by atoms with Gasteiger partial charge in [0, 0.05) is 25.3 Å². The lowest BCUT2D eigenvalue weighted by molar-refractivity contribution is 0.0411. The fourth-order valence-corrected chi connectivity index (χ4v) is 2.75. The van der Waals surface area contributed by atoms with Crippen molar-refractivity contribution in [1.29, 1.82) is 0 Å². The Morgan fingerprint density at radius 2 is 2.32 bits per heavy atom. The first kappa shape index (κ1) is 14.6. The highest BCUT2D eigenvalue weighted by Gasteiger charge is 2.17. The Kier molecular flexibility index (Phi) is 5.43. The molecule has 1 aliphatic heterocycles. The van der Waals surface area contributed by atoms with Gasteiger partial charge in [0.05, 0.1) is 13.2 Å². The normalized spacial score (nSPS) is 20.1. The Morgan fingerprint density at radius 3 is 3.00 bits per heavy atom. The van der Waals surface area contributed by atoms with Gasteiger partial charge in [0.2, 0.25) is 0 Å². The lowest BCUT2D eigenvalue weighted by atomic mass is 10.0. The van der Waals surface area contributed by atoms with Crippen molar-refractivity contribution in [2.45, 2.75) is 32.9 Å². The largest absolute Gasteiger partial charge is 0.465 e. The van der Waals surface area contributed by atoms with E-state index in [9.17, 15) is 0 Å². The van der Waals surface area contributed by atoms with Gasteiger partial charge in [0.1, 0.15) is 11.5 Å². The van der Waals surface area contributed by atoms with Gasteiger partial charge in [0.25, 0.3) is 0 Å². The minimum atomic E-state index is 0.683. The number of rotatable bonds is 6. The van der Waals surface area contributed by atoms with Gasteiger partial charge in [-0.1, -0.05) is 0 Å². The standard InChI is InChI=1S/C15H26N2O2/c1-12-14(7-15(19-12)8-16-2)10-17(3)9-13-5-4-6-18-11-13/h7,13,16H,4-6,8-11H2,1-3H3. The van der Waals surface area contributed by atoms with Gasteiger partial charge in [-0.3, -0.25) is 0 Å². The molecule has 1 atom stereocenters. The van der Waals surface area contributed by atoms with Crippen molar-refractivity contribution in [3.8, 4) is 0 Å². The van der Waals surface area contributed by atoms with E-state index in [0.717, 1.165) is 44.4 Å². The van der Waals surface area contributed by atoms with Gasteiger partial charge in [-0.05, 0) is 45.8 Å². The zero-order valence-corrected chi connectivity index (χ0v) is 12.4. The summed E-state index contributed by atoms with van der Waals surface area (Å²) in [6, 6.07) is 2.17. The van der Waals surface area contributed by atoms with E-state index in [4.69, 9.17) is 9.15 Å². The molecule has 0 amide bonds. The SMILES string of the molecule is CNCc1cc(CN(C)CC2CCCOC2)c(C)o1.